The van der Waals surface area contributed by atoms with Crippen LogP contribution in [0.1, 0.15) is 16.8 Å². The van der Waals surface area contributed by atoms with E-state index in [0.29, 0.717) is 23.4 Å². The van der Waals surface area contributed by atoms with E-state index in [1.165, 1.54) is 6.26 Å². The number of hydrogen-bond donors (Lipinski definition) is 0. The summed E-state index contributed by atoms with van der Waals surface area (Å²) in [5.41, 5.74) is 0.580. The number of carbonyl (C=O) groups is 1. The van der Waals surface area contributed by atoms with Gasteiger partial charge in [0.25, 0.3) is 5.91 Å². The molecule has 0 saturated carbocycles. The molecule has 1 aromatic heterocycles. The number of furan rings is 1. The van der Waals surface area contributed by atoms with E-state index in [1.807, 2.05) is 0 Å². The molecule has 0 bridgehead atoms. The quantitative estimate of drug-likeness (QED) is 0.785. The molecule has 1 saturated heterocycles. The van der Waals surface area contributed by atoms with Gasteiger partial charge in [-0.2, -0.15) is 0 Å². The summed E-state index contributed by atoms with van der Waals surface area (Å²) in [6, 6.07) is 1.68. The van der Waals surface area contributed by atoms with Gasteiger partial charge in [0.2, 0.25) is 0 Å². The van der Waals surface area contributed by atoms with E-state index >= 15 is 0 Å². The average molecular weight is 274 g/mol. The minimum Gasteiger partial charge on any atom is -0.457 e. The van der Waals surface area contributed by atoms with E-state index < -0.39 is 0 Å². The number of amides is 1. The first-order valence-electron chi connectivity index (χ1n) is 4.89. The van der Waals surface area contributed by atoms with Crippen LogP contribution < -0.4 is 0 Å². The summed E-state index contributed by atoms with van der Waals surface area (Å²) in [6.45, 7) is 2.74. The fraction of sp³-hybridized carbons (Fsp3) is 0.500. The monoisotopic (exact) mass is 273 g/mol. The summed E-state index contributed by atoms with van der Waals surface area (Å²) in [6.07, 6.45) is 2.40. The number of carbonyl (C=O) groups excluding carboxylic acids is 1. The molecule has 15 heavy (non-hydrogen) atoms. The fourth-order valence-corrected chi connectivity index (χ4v) is 1.98. The molecule has 1 aromatic rings. The van der Waals surface area contributed by atoms with Crippen LogP contribution in [0.15, 0.2) is 21.4 Å². The Balaban J connectivity index is 2.09. The summed E-state index contributed by atoms with van der Waals surface area (Å²) in [5.74, 6) is 0.00104. The molecule has 1 aliphatic rings. The maximum atomic E-state index is 12.0. The average Bonchev–Trinajstić information content (AvgIpc) is 2.53. The van der Waals surface area contributed by atoms with Gasteiger partial charge in [0.1, 0.15) is 0 Å². The van der Waals surface area contributed by atoms with E-state index in [0.717, 1.165) is 19.6 Å². The maximum Gasteiger partial charge on any atom is 0.258 e. The number of nitrogens with zero attached hydrogens (tertiary/aromatic N) is 1. The van der Waals surface area contributed by atoms with E-state index in [1.54, 1.807) is 11.0 Å². The first kappa shape index (κ1) is 10.7. The first-order chi connectivity index (χ1) is 7.29. The number of hydrogen-bond acceptors (Lipinski definition) is 3. The first-order valence-corrected chi connectivity index (χ1v) is 5.68. The van der Waals surface area contributed by atoms with Crippen molar-refractivity contribution in [1.29, 1.82) is 0 Å². The van der Waals surface area contributed by atoms with Crippen molar-refractivity contribution < 1.29 is 13.9 Å². The van der Waals surface area contributed by atoms with Crippen LogP contribution in [-0.2, 0) is 4.74 Å². The highest BCUT2D eigenvalue weighted by molar-refractivity contribution is 9.10. The van der Waals surface area contributed by atoms with Gasteiger partial charge in [-0.25, -0.2) is 0 Å². The molecule has 82 valence electrons. The highest BCUT2D eigenvalue weighted by atomic mass is 79.9. The number of halogens is 1. The smallest absolute Gasteiger partial charge is 0.258 e. The standard InChI is InChI=1S/C10H12BrNO3/c11-9-8(2-6-15-9)10(13)12-3-1-5-14-7-4-12/h2,6H,1,3-5,7H2. The van der Waals surface area contributed by atoms with Crippen LogP contribution in [-0.4, -0.2) is 37.1 Å². The second kappa shape index (κ2) is 4.81. The van der Waals surface area contributed by atoms with E-state index in [2.05, 4.69) is 15.9 Å². The van der Waals surface area contributed by atoms with Crippen molar-refractivity contribution in [2.45, 2.75) is 6.42 Å². The van der Waals surface area contributed by atoms with Crippen molar-refractivity contribution >= 4 is 21.8 Å². The summed E-state index contributed by atoms with van der Waals surface area (Å²) in [5, 5.41) is 0. The molecule has 1 amide bonds. The Labute approximate surface area is 96.3 Å². The van der Waals surface area contributed by atoms with Crippen LogP contribution in [0.5, 0.6) is 0 Å². The molecule has 2 heterocycles. The second-order valence-corrected chi connectivity index (χ2v) is 4.09. The molecule has 0 N–H and O–H groups in total. The lowest BCUT2D eigenvalue weighted by Crippen LogP contribution is -2.33. The predicted octanol–water partition coefficient (Wildman–Crippen LogP) is 1.90. The van der Waals surface area contributed by atoms with Crippen molar-refractivity contribution in [3.63, 3.8) is 0 Å². The summed E-state index contributed by atoms with van der Waals surface area (Å²) in [4.78, 5) is 13.8. The van der Waals surface area contributed by atoms with Crippen LogP contribution in [0.2, 0.25) is 0 Å². The Morgan fingerprint density at radius 3 is 3.00 bits per heavy atom. The van der Waals surface area contributed by atoms with Gasteiger partial charge in [-0.1, -0.05) is 0 Å². The predicted molar refractivity (Wildman–Crippen MR) is 57.7 cm³/mol. The lowest BCUT2D eigenvalue weighted by atomic mass is 10.3. The third-order valence-electron chi connectivity index (χ3n) is 2.36. The van der Waals surface area contributed by atoms with Gasteiger partial charge in [-0.15, -0.1) is 0 Å². The minimum atomic E-state index is 0.00104. The second-order valence-electron chi connectivity index (χ2n) is 3.37. The van der Waals surface area contributed by atoms with Crippen molar-refractivity contribution in [3.05, 3.63) is 22.6 Å². The molecule has 1 aliphatic heterocycles. The molecular formula is C10H12BrNO3. The van der Waals surface area contributed by atoms with Gasteiger partial charge < -0.3 is 14.1 Å². The Kier molecular flexibility index (Phi) is 3.43. The lowest BCUT2D eigenvalue weighted by Gasteiger charge is -2.18. The van der Waals surface area contributed by atoms with Gasteiger partial charge in [0, 0.05) is 19.7 Å². The number of rotatable bonds is 1. The maximum absolute atomic E-state index is 12.0. The zero-order valence-electron chi connectivity index (χ0n) is 8.24. The Bertz CT molecular complexity index is 342. The van der Waals surface area contributed by atoms with Crippen LogP contribution in [0.25, 0.3) is 0 Å². The lowest BCUT2D eigenvalue weighted by molar-refractivity contribution is 0.0739. The fourth-order valence-electron chi connectivity index (χ4n) is 1.57. The van der Waals surface area contributed by atoms with Crippen LogP contribution >= 0.6 is 15.9 Å². The third-order valence-corrected chi connectivity index (χ3v) is 2.97. The molecule has 2 rings (SSSR count). The molecule has 4 nitrogen and oxygen atoms in total. The van der Waals surface area contributed by atoms with Crippen LogP contribution in [0.3, 0.4) is 0 Å². The van der Waals surface area contributed by atoms with Crippen molar-refractivity contribution in [2.75, 3.05) is 26.3 Å². The molecule has 5 heteroatoms. The third kappa shape index (κ3) is 2.41. The molecule has 1 fully saturated rings. The Morgan fingerprint density at radius 1 is 1.40 bits per heavy atom. The molecule has 0 unspecified atom stereocenters. The normalized spacial score (nSPS) is 17.5. The van der Waals surface area contributed by atoms with E-state index in [4.69, 9.17) is 9.15 Å². The van der Waals surface area contributed by atoms with Gasteiger partial charge in [-0.3, -0.25) is 4.79 Å². The summed E-state index contributed by atoms with van der Waals surface area (Å²) < 4.78 is 10.8. The number of ether oxygens (including phenoxy) is 1. The van der Waals surface area contributed by atoms with E-state index in [9.17, 15) is 4.79 Å². The highest BCUT2D eigenvalue weighted by Gasteiger charge is 2.20. The van der Waals surface area contributed by atoms with Gasteiger partial charge in [-0.05, 0) is 28.4 Å². The summed E-state index contributed by atoms with van der Waals surface area (Å²) >= 11 is 3.21. The van der Waals surface area contributed by atoms with Gasteiger partial charge >= 0.3 is 0 Å². The SMILES string of the molecule is O=C(c1ccoc1Br)N1CCCOCC1. The van der Waals surface area contributed by atoms with Gasteiger partial charge in [0.15, 0.2) is 4.67 Å². The molecule has 0 spiro atoms. The van der Waals surface area contributed by atoms with Gasteiger partial charge in [0.05, 0.1) is 18.4 Å². The zero-order valence-corrected chi connectivity index (χ0v) is 9.83. The largest absolute Gasteiger partial charge is 0.457 e. The van der Waals surface area contributed by atoms with Crippen LogP contribution in [0.4, 0.5) is 0 Å². The van der Waals surface area contributed by atoms with Crippen molar-refractivity contribution in [3.8, 4) is 0 Å². The highest BCUT2D eigenvalue weighted by Crippen LogP contribution is 2.19. The molecular weight excluding hydrogens is 262 g/mol. The molecule has 0 atom stereocenters. The van der Waals surface area contributed by atoms with Crippen LogP contribution in [0, 0.1) is 0 Å². The Morgan fingerprint density at radius 2 is 2.27 bits per heavy atom. The van der Waals surface area contributed by atoms with E-state index in [-0.39, 0.29) is 5.91 Å². The molecule has 0 aliphatic carbocycles. The minimum absolute atomic E-state index is 0.00104. The van der Waals surface area contributed by atoms with Crippen molar-refractivity contribution in [1.82, 2.24) is 4.90 Å². The van der Waals surface area contributed by atoms with Crippen molar-refractivity contribution in [2.24, 2.45) is 0 Å². The molecule has 0 radical (unpaired) electrons. The molecule has 0 aromatic carbocycles. The summed E-state index contributed by atoms with van der Waals surface area (Å²) in [7, 11) is 0. The Hall–Kier alpha value is -0.810. The topological polar surface area (TPSA) is 42.7 Å². The zero-order chi connectivity index (χ0) is 10.7.